The molecule has 0 amide bonds. The number of hydrogen-bond acceptors (Lipinski definition) is 2. The maximum atomic E-state index is 4.39. The fraction of sp³-hybridized carbons (Fsp3) is 0.667. The number of nitrogens with zero attached hydrogens (tertiary/aromatic N) is 1. The van der Waals surface area contributed by atoms with Gasteiger partial charge in [-0.15, -0.1) is 0 Å². The minimum absolute atomic E-state index is 0.671. The molecule has 0 bridgehead atoms. The molecule has 0 aliphatic rings. The number of hydrogen-bond donors (Lipinski definition) is 1. The topological polar surface area (TPSA) is 24.9 Å². The highest BCUT2D eigenvalue weighted by atomic mass is 14.9. The van der Waals surface area contributed by atoms with Crippen LogP contribution in [0.25, 0.3) is 0 Å². The van der Waals surface area contributed by atoms with E-state index in [9.17, 15) is 0 Å². The molecule has 1 aromatic heterocycles. The molecule has 0 spiro atoms. The molecule has 0 aliphatic heterocycles. The van der Waals surface area contributed by atoms with E-state index in [4.69, 9.17) is 0 Å². The lowest BCUT2D eigenvalue weighted by Gasteiger charge is -2.20. The van der Waals surface area contributed by atoms with E-state index in [0.29, 0.717) is 11.8 Å². The summed E-state index contributed by atoms with van der Waals surface area (Å²) in [5, 5.41) is 3.53. The standard InChI is InChI=1S/C15H26N2/c1-12(2)10-16-11-14(4)13(3)9-15-7-5-6-8-17-15/h5-8,12-14,16H,9-11H2,1-4H3. The Balaban J connectivity index is 2.29. The maximum absolute atomic E-state index is 4.39. The van der Waals surface area contributed by atoms with Crippen molar-refractivity contribution in [2.24, 2.45) is 17.8 Å². The van der Waals surface area contributed by atoms with Gasteiger partial charge in [-0.3, -0.25) is 4.98 Å². The Morgan fingerprint density at radius 2 is 1.82 bits per heavy atom. The van der Waals surface area contributed by atoms with Crippen molar-refractivity contribution in [3.8, 4) is 0 Å². The van der Waals surface area contributed by atoms with Gasteiger partial charge < -0.3 is 5.32 Å². The van der Waals surface area contributed by atoms with Gasteiger partial charge in [-0.05, 0) is 49.4 Å². The minimum atomic E-state index is 0.671. The maximum Gasteiger partial charge on any atom is 0.0406 e. The fourth-order valence-electron chi connectivity index (χ4n) is 1.85. The number of aromatic nitrogens is 1. The van der Waals surface area contributed by atoms with Crippen molar-refractivity contribution in [2.75, 3.05) is 13.1 Å². The van der Waals surface area contributed by atoms with Gasteiger partial charge in [-0.2, -0.15) is 0 Å². The molecule has 1 N–H and O–H groups in total. The summed E-state index contributed by atoms with van der Waals surface area (Å²) >= 11 is 0. The van der Waals surface area contributed by atoms with Crippen LogP contribution in [-0.4, -0.2) is 18.1 Å². The molecule has 0 aromatic carbocycles. The first kappa shape index (κ1) is 14.2. The van der Waals surface area contributed by atoms with Crippen LogP contribution in [0, 0.1) is 17.8 Å². The van der Waals surface area contributed by atoms with E-state index in [0.717, 1.165) is 25.4 Å². The second kappa shape index (κ2) is 7.44. The van der Waals surface area contributed by atoms with Gasteiger partial charge in [0.1, 0.15) is 0 Å². The van der Waals surface area contributed by atoms with Gasteiger partial charge >= 0.3 is 0 Å². The van der Waals surface area contributed by atoms with Gasteiger partial charge in [0.05, 0.1) is 0 Å². The first-order chi connectivity index (χ1) is 8.09. The summed E-state index contributed by atoms with van der Waals surface area (Å²) in [7, 11) is 0. The lowest BCUT2D eigenvalue weighted by molar-refractivity contribution is 0.355. The Hall–Kier alpha value is -0.890. The van der Waals surface area contributed by atoms with Crippen molar-refractivity contribution < 1.29 is 0 Å². The molecule has 0 radical (unpaired) electrons. The average molecular weight is 234 g/mol. The summed E-state index contributed by atoms with van der Waals surface area (Å²) in [5.41, 5.74) is 1.20. The Kier molecular flexibility index (Phi) is 6.20. The molecule has 2 heteroatoms. The third-order valence-electron chi connectivity index (χ3n) is 3.25. The van der Waals surface area contributed by atoms with E-state index in [1.165, 1.54) is 5.69 Å². The van der Waals surface area contributed by atoms with E-state index in [1.807, 2.05) is 12.3 Å². The van der Waals surface area contributed by atoms with Gasteiger partial charge in [0, 0.05) is 11.9 Å². The summed E-state index contributed by atoms with van der Waals surface area (Å²) in [6, 6.07) is 6.16. The predicted octanol–water partition coefficient (Wildman–Crippen LogP) is 3.14. The summed E-state index contributed by atoms with van der Waals surface area (Å²) in [6.45, 7) is 11.3. The van der Waals surface area contributed by atoms with Crippen LogP contribution in [0.15, 0.2) is 24.4 Å². The Morgan fingerprint density at radius 1 is 1.06 bits per heavy atom. The molecule has 1 aromatic rings. The quantitative estimate of drug-likeness (QED) is 0.784. The van der Waals surface area contributed by atoms with Crippen LogP contribution >= 0.6 is 0 Å². The fourth-order valence-corrected chi connectivity index (χ4v) is 1.85. The molecule has 2 nitrogen and oxygen atoms in total. The average Bonchev–Trinajstić information content (AvgIpc) is 2.29. The van der Waals surface area contributed by atoms with Crippen molar-refractivity contribution in [3.63, 3.8) is 0 Å². The number of nitrogens with one attached hydrogen (secondary N) is 1. The zero-order chi connectivity index (χ0) is 12.7. The van der Waals surface area contributed by atoms with Crippen LogP contribution in [0.3, 0.4) is 0 Å². The molecule has 0 saturated heterocycles. The van der Waals surface area contributed by atoms with Crippen LogP contribution in [0.1, 0.15) is 33.4 Å². The Bertz CT molecular complexity index is 295. The van der Waals surface area contributed by atoms with Crippen molar-refractivity contribution >= 4 is 0 Å². The van der Waals surface area contributed by atoms with Crippen LogP contribution < -0.4 is 5.32 Å². The van der Waals surface area contributed by atoms with Crippen molar-refractivity contribution in [2.45, 2.75) is 34.1 Å². The van der Waals surface area contributed by atoms with Crippen LogP contribution in [-0.2, 0) is 6.42 Å². The third kappa shape index (κ3) is 5.83. The second-order valence-electron chi connectivity index (χ2n) is 5.53. The number of rotatable bonds is 7. The first-order valence-corrected chi connectivity index (χ1v) is 6.70. The smallest absolute Gasteiger partial charge is 0.0406 e. The summed E-state index contributed by atoms with van der Waals surface area (Å²) < 4.78 is 0. The van der Waals surface area contributed by atoms with Gasteiger partial charge in [0.15, 0.2) is 0 Å². The molecule has 2 unspecified atom stereocenters. The van der Waals surface area contributed by atoms with Gasteiger partial charge in [-0.25, -0.2) is 0 Å². The lowest BCUT2D eigenvalue weighted by atomic mass is 9.91. The SMILES string of the molecule is CC(C)CNCC(C)C(C)Cc1ccccn1. The zero-order valence-electron chi connectivity index (χ0n) is 11.6. The van der Waals surface area contributed by atoms with Crippen molar-refractivity contribution in [1.29, 1.82) is 0 Å². The van der Waals surface area contributed by atoms with Gasteiger partial charge in [-0.1, -0.05) is 33.8 Å². The normalized spacial score (nSPS) is 14.9. The molecular formula is C15H26N2. The van der Waals surface area contributed by atoms with Gasteiger partial charge in [0.2, 0.25) is 0 Å². The molecule has 96 valence electrons. The number of pyridine rings is 1. The molecule has 1 heterocycles. The van der Waals surface area contributed by atoms with Crippen LogP contribution in [0.4, 0.5) is 0 Å². The molecule has 1 rings (SSSR count). The van der Waals surface area contributed by atoms with E-state index >= 15 is 0 Å². The highest BCUT2D eigenvalue weighted by Gasteiger charge is 2.13. The lowest BCUT2D eigenvalue weighted by Crippen LogP contribution is -2.28. The minimum Gasteiger partial charge on any atom is -0.316 e. The third-order valence-corrected chi connectivity index (χ3v) is 3.25. The highest BCUT2D eigenvalue weighted by Crippen LogP contribution is 2.15. The summed E-state index contributed by atoms with van der Waals surface area (Å²) in [6.07, 6.45) is 2.95. The van der Waals surface area contributed by atoms with Crippen molar-refractivity contribution in [1.82, 2.24) is 10.3 Å². The molecule has 0 aliphatic carbocycles. The monoisotopic (exact) mass is 234 g/mol. The van der Waals surface area contributed by atoms with E-state index in [2.05, 4.69) is 50.1 Å². The van der Waals surface area contributed by atoms with E-state index < -0.39 is 0 Å². The van der Waals surface area contributed by atoms with Crippen LogP contribution in [0.5, 0.6) is 0 Å². The largest absolute Gasteiger partial charge is 0.316 e. The highest BCUT2D eigenvalue weighted by molar-refractivity contribution is 5.04. The first-order valence-electron chi connectivity index (χ1n) is 6.70. The molecule has 0 fully saturated rings. The Labute approximate surface area is 106 Å². The molecule has 0 saturated carbocycles. The van der Waals surface area contributed by atoms with Crippen molar-refractivity contribution in [3.05, 3.63) is 30.1 Å². The predicted molar refractivity (Wildman–Crippen MR) is 74.0 cm³/mol. The molecule has 2 atom stereocenters. The molecule has 17 heavy (non-hydrogen) atoms. The second-order valence-corrected chi connectivity index (χ2v) is 5.53. The van der Waals surface area contributed by atoms with Gasteiger partial charge in [0.25, 0.3) is 0 Å². The van der Waals surface area contributed by atoms with Crippen LogP contribution in [0.2, 0.25) is 0 Å². The zero-order valence-corrected chi connectivity index (χ0v) is 11.6. The summed E-state index contributed by atoms with van der Waals surface area (Å²) in [4.78, 5) is 4.39. The Morgan fingerprint density at radius 3 is 2.41 bits per heavy atom. The molecular weight excluding hydrogens is 208 g/mol. The van der Waals surface area contributed by atoms with E-state index in [-0.39, 0.29) is 0 Å². The summed E-state index contributed by atoms with van der Waals surface area (Å²) in [5.74, 6) is 2.09. The van der Waals surface area contributed by atoms with E-state index in [1.54, 1.807) is 0 Å².